The normalized spacial score (nSPS) is 10.9. The molecular weight excluding hydrogens is 433 g/mol. The summed E-state index contributed by atoms with van der Waals surface area (Å²) >= 11 is 18.1. The van der Waals surface area contributed by atoms with E-state index in [1.54, 1.807) is 48.5 Å². The predicted molar refractivity (Wildman–Crippen MR) is 117 cm³/mol. The van der Waals surface area contributed by atoms with Gasteiger partial charge in [0.15, 0.2) is 5.69 Å². The minimum Gasteiger partial charge on any atom is -0.319 e. The number of hydrogen-bond donors (Lipinski definition) is 1. The van der Waals surface area contributed by atoms with Gasteiger partial charge in [-0.25, -0.2) is 0 Å². The van der Waals surface area contributed by atoms with Gasteiger partial charge in [0.25, 0.3) is 11.5 Å². The lowest BCUT2D eigenvalue weighted by molar-refractivity contribution is 0.102. The van der Waals surface area contributed by atoms with Crippen LogP contribution in [0.15, 0.2) is 71.5 Å². The Bertz CT molecular complexity index is 1300. The van der Waals surface area contributed by atoms with Crippen molar-refractivity contribution in [3.63, 3.8) is 0 Å². The van der Waals surface area contributed by atoms with Crippen LogP contribution in [0.25, 0.3) is 16.5 Å². The summed E-state index contributed by atoms with van der Waals surface area (Å²) in [5.41, 5.74) is 0.585. The molecule has 4 aromatic rings. The van der Waals surface area contributed by atoms with E-state index >= 15 is 0 Å². The van der Waals surface area contributed by atoms with Gasteiger partial charge in [-0.15, -0.1) is 0 Å². The Morgan fingerprint density at radius 3 is 2.17 bits per heavy atom. The molecule has 144 valence electrons. The van der Waals surface area contributed by atoms with Gasteiger partial charge >= 0.3 is 0 Å². The second-order valence-corrected chi connectivity index (χ2v) is 7.37. The van der Waals surface area contributed by atoms with Crippen LogP contribution in [0.5, 0.6) is 0 Å². The van der Waals surface area contributed by atoms with Crippen molar-refractivity contribution >= 4 is 57.2 Å². The summed E-state index contributed by atoms with van der Waals surface area (Å²) in [5.74, 6) is -0.536. The molecule has 1 heterocycles. The van der Waals surface area contributed by atoms with E-state index in [0.29, 0.717) is 16.5 Å². The number of rotatable bonds is 3. The monoisotopic (exact) mass is 443 g/mol. The Balaban J connectivity index is 1.87. The first kappa shape index (κ1) is 19.5. The van der Waals surface area contributed by atoms with Gasteiger partial charge in [0.1, 0.15) is 0 Å². The van der Waals surface area contributed by atoms with Crippen LogP contribution in [0.1, 0.15) is 10.5 Å². The fourth-order valence-electron chi connectivity index (χ4n) is 2.90. The lowest BCUT2D eigenvalue weighted by atomic mass is 10.1. The molecule has 0 atom stereocenters. The molecule has 1 N–H and O–H groups in total. The minimum absolute atomic E-state index is 0.0752. The first-order chi connectivity index (χ1) is 14.0. The van der Waals surface area contributed by atoms with Crippen LogP contribution >= 0.6 is 34.8 Å². The molecule has 0 spiro atoms. The highest BCUT2D eigenvalue weighted by Gasteiger charge is 2.19. The molecular formula is C21H12Cl3N3O2. The van der Waals surface area contributed by atoms with Gasteiger partial charge in [-0.1, -0.05) is 71.2 Å². The number of anilines is 1. The SMILES string of the molecule is O=C(Nc1cc(Cl)c(Cl)cc1Cl)c1nn(-c2ccccc2)c(=O)c2ccccc12. The fourth-order valence-corrected chi connectivity index (χ4v) is 3.50. The number of nitrogens with one attached hydrogen (secondary N) is 1. The van der Waals surface area contributed by atoms with Gasteiger partial charge in [-0.3, -0.25) is 9.59 Å². The summed E-state index contributed by atoms with van der Waals surface area (Å²) in [6.07, 6.45) is 0. The van der Waals surface area contributed by atoms with E-state index in [1.807, 2.05) is 6.07 Å². The van der Waals surface area contributed by atoms with Gasteiger partial charge in [0.05, 0.1) is 31.8 Å². The Morgan fingerprint density at radius 2 is 1.45 bits per heavy atom. The third-order valence-electron chi connectivity index (χ3n) is 4.28. The van der Waals surface area contributed by atoms with Crippen molar-refractivity contribution in [3.05, 3.63) is 97.8 Å². The molecule has 0 aliphatic rings. The average molecular weight is 445 g/mol. The average Bonchev–Trinajstić information content (AvgIpc) is 2.73. The molecule has 4 rings (SSSR count). The molecule has 0 radical (unpaired) electrons. The topological polar surface area (TPSA) is 64.0 Å². The molecule has 0 saturated heterocycles. The summed E-state index contributed by atoms with van der Waals surface area (Å²) in [6, 6.07) is 18.6. The van der Waals surface area contributed by atoms with E-state index in [9.17, 15) is 9.59 Å². The van der Waals surface area contributed by atoms with Crippen LogP contribution in [-0.2, 0) is 0 Å². The zero-order valence-electron chi connectivity index (χ0n) is 14.7. The van der Waals surface area contributed by atoms with Crippen molar-refractivity contribution in [2.75, 3.05) is 5.32 Å². The van der Waals surface area contributed by atoms with Gasteiger partial charge in [-0.2, -0.15) is 9.78 Å². The number of para-hydroxylation sites is 1. The Hall–Kier alpha value is -2.86. The Kier molecular flexibility index (Phi) is 5.28. The largest absolute Gasteiger partial charge is 0.319 e. The molecule has 0 aliphatic heterocycles. The second kappa shape index (κ2) is 7.87. The number of nitrogens with zero attached hydrogens (tertiary/aromatic N) is 2. The van der Waals surface area contributed by atoms with Crippen molar-refractivity contribution in [2.45, 2.75) is 0 Å². The van der Waals surface area contributed by atoms with Crippen LogP contribution in [0, 0.1) is 0 Å². The van der Waals surface area contributed by atoms with E-state index in [2.05, 4.69) is 10.4 Å². The van der Waals surface area contributed by atoms with Gasteiger partial charge < -0.3 is 5.32 Å². The van der Waals surface area contributed by atoms with Crippen molar-refractivity contribution in [1.29, 1.82) is 0 Å². The summed E-state index contributed by atoms with van der Waals surface area (Å²) in [5, 5.41) is 8.57. The minimum atomic E-state index is -0.536. The standard InChI is InChI=1S/C21H12Cl3N3O2/c22-15-10-17(24)18(11-16(15)23)25-20(28)19-13-8-4-5-9-14(13)21(29)27(26-19)12-6-2-1-3-7-12/h1-11H,(H,25,28). The van der Waals surface area contributed by atoms with E-state index < -0.39 is 5.91 Å². The quantitative estimate of drug-likeness (QED) is 0.418. The van der Waals surface area contributed by atoms with Crippen molar-refractivity contribution in [2.24, 2.45) is 0 Å². The van der Waals surface area contributed by atoms with Crippen molar-refractivity contribution in [1.82, 2.24) is 9.78 Å². The maximum absolute atomic E-state index is 13.0. The van der Waals surface area contributed by atoms with Gasteiger partial charge in [-0.05, 0) is 30.3 Å². The Morgan fingerprint density at radius 1 is 0.828 bits per heavy atom. The van der Waals surface area contributed by atoms with Crippen LogP contribution in [0.3, 0.4) is 0 Å². The summed E-state index contributed by atoms with van der Waals surface area (Å²) in [7, 11) is 0. The second-order valence-electron chi connectivity index (χ2n) is 6.15. The first-order valence-corrected chi connectivity index (χ1v) is 9.62. The highest BCUT2D eigenvalue weighted by atomic mass is 35.5. The maximum atomic E-state index is 13.0. The zero-order chi connectivity index (χ0) is 20.5. The highest BCUT2D eigenvalue weighted by molar-refractivity contribution is 6.44. The number of benzene rings is 3. The van der Waals surface area contributed by atoms with E-state index in [4.69, 9.17) is 34.8 Å². The molecule has 29 heavy (non-hydrogen) atoms. The highest BCUT2D eigenvalue weighted by Crippen LogP contribution is 2.32. The third kappa shape index (κ3) is 3.72. The van der Waals surface area contributed by atoms with Gasteiger partial charge in [0, 0.05) is 5.39 Å². The molecule has 0 aliphatic carbocycles. The number of carbonyl (C=O) groups is 1. The lowest BCUT2D eigenvalue weighted by Crippen LogP contribution is -2.26. The molecule has 0 unspecified atom stereocenters. The lowest BCUT2D eigenvalue weighted by Gasteiger charge is -2.12. The van der Waals surface area contributed by atoms with Crippen LogP contribution in [-0.4, -0.2) is 15.7 Å². The van der Waals surface area contributed by atoms with Gasteiger partial charge in [0.2, 0.25) is 0 Å². The van der Waals surface area contributed by atoms with Crippen LogP contribution < -0.4 is 10.9 Å². The molecule has 1 amide bonds. The number of amides is 1. The number of aromatic nitrogens is 2. The first-order valence-electron chi connectivity index (χ1n) is 8.49. The van der Waals surface area contributed by atoms with E-state index in [1.165, 1.54) is 16.8 Å². The smallest absolute Gasteiger partial charge is 0.279 e. The molecule has 1 aromatic heterocycles. The predicted octanol–water partition coefficient (Wildman–Crippen LogP) is 5.60. The zero-order valence-corrected chi connectivity index (χ0v) is 17.0. The third-order valence-corrected chi connectivity index (χ3v) is 5.31. The molecule has 0 bridgehead atoms. The summed E-state index contributed by atoms with van der Waals surface area (Å²) in [4.78, 5) is 26.0. The van der Waals surface area contributed by atoms with E-state index in [-0.39, 0.29) is 32.0 Å². The summed E-state index contributed by atoms with van der Waals surface area (Å²) in [6.45, 7) is 0. The molecule has 5 nitrogen and oxygen atoms in total. The molecule has 0 saturated carbocycles. The molecule has 0 fully saturated rings. The van der Waals surface area contributed by atoms with Crippen molar-refractivity contribution < 1.29 is 4.79 Å². The van der Waals surface area contributed by atoms with E-state index in [0.717, 1.165) is 0 Å². The number of halogens is 3. The molecule has 8 heteroatoms. The number of carbonyl (C=O) groups excluding carboxylic acids is 1. The Labute approximate surface area is 180 Å². The summed E-state index contributed by atoms with van der Waals surface area (Å²) < 4.78 is 1.20. The fraction of sp³-hybridized carbons (Fsp3) is 0. The number of hydrogen-bond acceptors (Lipinski definition) is 3. The van der Waals surface area contributed by atoms with Crippen LogP contribution in [0.4, 0.5) is 5.69 Å². The number of fused-ring (bicyclic) bond motifs is 1. The molecule has 3 aromatic carbocycles. The maximum Gasteiger partial charge on any atom is 0.279 e. The van der Waals surface area contributed by atoms with Crippen molar-refractivity contribution in [3.8, 4) is 5.69 Å². The van der Waals surface area contributed by atoms with Crippen LogP contribution in [0.2, 0.25) is 15.1 Å².